The topological polar surface area (TPSA) is 48.0 Å². The van der Waals surface area contributed by atoms with E-state index in [9.17, 15) is 4.79 Å². The normalized spacial score (nSPS) is 20.5. The molecule has 0 spiro atoms. The Labute approximate surface area is 233 Å². The molecule has 7 heteroatoms. The Kier molecular flexibility index (Phi) is 8.43. The van der Waals surface area contributed by atoms with Crippen LogP contribution in [0.4, 0.5) is 4.79 Å². The SMILES string of the molecule is CC(C)(C)OC(=O)N1C(CO[Si](C)(C)C(C)(C)C)=C(CO[Si](C)(C)C(C)(C)C)[C@H]2C=Cc3ccccc3[C@H]21. The summed E-state index contributed by atoms with van der Waals surface area (Å²) in [5, 5.41) is 0.142. The summed E-state index contributed by atoms with van der Waals surface area (Å²) in [5.74, 6) is 0.0141. The summed E-state index contributed by atoms with van der Waals surface area (Å²) in [4.78, 5) is 15.8. The number of carbonyl (C=O) groups is 1. The Morgan fingerprint density at radius 3 is 1.89 bits per heavy atom. The molecule has 0 saturated heterocycles. The molecule has 0 saturated carbocycles. The molecule has 1 aliphatic heterocycles. The van der Waals surface area contributed by atoms with Crippen LogP contribution >= 0.6 is 0 Å². The highest BCUT2D eigenvalue weighted by Gasteiger charge is 2.48. The highest BCUT2D eigenvalue weighted by atomic mass is 28.4. The largest absolute Gasteiger partial charge is 0.443 e. The third kappa shape index (κ3) is 6.37. The molecular formula is C31H51NO4Si2. The molecule has 0 bridgehead atoms. The van der Waals surface area contributed by atoms with E-state index in [1.807, 2.05) is 31.7 Å². The lowest BCUT2D eigenvalue weighted by Crippen LogP contribution is -2.43. The first-order valence-corrected chi connectivity index (χ1v) is 19.8. The lowest BCUT2D eigenvalue weighted by Gasteiger charge is -2.38. The molecule has 5 nitrogen and oxygen atoms in total. The Bertz CT molecular complexity index is 1100. The zero-order chi connectivity index (χ0) is 28.9. The quantitative estimate of drug-likeness (QED) is 0.328. The van der Waals surface area contributed by atoms with Crippen molar-refractivity contribution in [1.82, 2.24) is 4.90 Å². The lowest BCUT2D eigenvalue weighted by molar-refractivity contribution is 0.0226. The van der Waals surface area contributed by atoms with Gasteiger partial charge in [-0.1, -0.05) is 78.0 Å². The molecule has 38 heavy (non-hydrogen) atoms. The van der Waals surface area contributed by atoms with Crippen molar-refractivity contribution in [1.29, 1.82) is 0 Å². The standard InChI is InChI=1S/C31H51NO4Si2/c1-29(2,3)36-28(33)32-26(21-35-38(12,13)31(7,8)9)25(20-34-37(10,11)30(4,5)6)24-19-18-22-16-14-15-17-23(22)27(24)32/h14-19,24,27H,20-21H2,1-13H3/t24-,27-/m1/s1. The summed E-state index contributed by atoms with van der Waals surface area (Å²) < 4.78 is 19.6. The van der Waals surface area contributed by atoms with E-state index in [2.05, 4.69) is 98.1 Å². The second-order valence-electron chi connectivity index (χ2n) is 14.9. The summed E-state index contributed by atoms with van der Waals surface area (Å²) >= 11 is 0. The van der Waals surface area contributed by atoms with Crippen LogP contribution in [0.2, 0.25) is 36.3 Å². The smallest absolute Gasteiger partial charge is 0.415 e. The van der Waals surface area contributed by atoms with Gasteiger partial charge in [-0.05, 0) is 73.7 Å². The van der Waals surface area contributed by atoms with Gasteiger partial charge in [0.2, 0.25) is 0 Å². The predicted octanol–water partition coefficient (Wildman–Crippen LogP) is 8.92. The summed E-state index contributed by atoms with van der Waals surface area (Å²) in [6.07, 6.45) is 4.11. The van der Waals surface area contributed by atoms with Crippen molar-refractivity contribution in [3.63, 3.8) is 0 Å². The van der Waals surface area contributed by atoms with Crippen molar-refractivity contribution in [3.8, 4) is 0 Å². The Morgan fingerprint density at radius 1 is 0.842 bits per heavy atom. The molecule has 1 aromatic carbocycles. The van der Waals surface area contributed by atoms with Crippen LogP contribution in [0.15, 0.2) is 41.6 Å². The van der Waals surface area contributed by atoms with Gasteiger partial charge >= 0.3 is 6.09 Å². The fourth-order valence-corrected chi connectivity index (χ4v) is 6.26. The summed E-state index contributed by atoms with van der Waals surface area (Å²) in [6, 6.07) is 8.18. The van der Waals surface area contributed by atoms with Crippen LogP contribution in [0.5, 0.6) is 0 Å². The molecular weight excluding hydrogens is 507 g/mol. The maximum Gasteiger partial charge on any atom is 0.415 e. The van der Waals surface area contributed by atoms with Crippen molar-refractivity contribution < 1.29 is 18.4 Å². The van der Waals surface area contributed by atoms with Gasteiger partial charge in [0, 0.05) is 5.92 Å². The maximum absolute atomic E-state index is 13.9. The van der Waals surface area contributed by atoms with Crippen molar-refractivity contribution in [2.75, 3.05) is 13.2 Å². The van der Waals surface area contributed by atoms with Crippen LogP contribution in [0.3, 0.4) is 0 Å². The van der Waals surface area contributed by atoms with Gasteiger partial charge in [-0.15, -0.1) is 0 Å². The first-order valence-electron chi connectivity index (χ1n) is 14.0. The second kappa shape index (κ2) is 10.4. The number of nitrogens with zero attached hydrogens (tertiary/aromatic N) is 1. The number of carbonyl (C=O) groups excluding carboxylic acids is 1. The second-order valence-corrected chi connectivity index (χ2v) is 24.5. The van der Waals surface area contributed by atoms with E-state index in [0.29, 0.717) is 13.2 Å². The van der Waals surface area contributed by atoms with Crippen LogP contribution in [0.1, 0.15) is 79.5 Å². The van der Waals surface area contributed by atoms with Crippen LogP contribution in [0, 0.1) is 5.92 Å². The van der Waals surface area contributed by atoms with E-state index in [0.717, 1.165) is 22.4 Å². The van der Waals surface area contributed by atoms with E-state index < -0.39 is 22.2 Å². The minimum atomic E-state index is -2.09. The zero-order valence-electron chi connectivity index (χ0n) is 26.1. The molecule has 212 valence electrons. The summed E-state index contributed by atoms with van der Waals surface area (Å²) in [7, 11) is -4.12. The van der Waals surface area contributed by atoms with Crippen molar-refractivity contribution >= 4 is 28.8 Å². The van der Waals surface area contributed by atoms with Crippen molar-refractivity contribution in [2.24, 2.45) is 5.92 Å². The predicted molar refractivity (Wildman–Crippen MR) is 163 cm³/mol. The van der Waals surface area contributed by atoms with Gasteiger partial charge in [0.15, 0.2) is 16.6 Å². The first kappa shape index (κ1) is 30.9. The fourth-order valence-electron chi connectivity index (χ4n) is 4.38. The molecule has 0 aromatic heterocycles. The molecule has 1 heterocycles. The molecule has 1 aromatic rings. The number of rotatable bonds is 6. The molecule has 0 radical (unpaired) electrons. The van der Waals surface area contributed by atoms with Gasteiger partial charge in [-0.3, -0.25) is 4.90 Å². The van der Waals surface area contributed by atoms with E-state index >= 15 is 0 Å². The third-order valence-electron chi connectivity index (χ3n) is 8.84. The minimum absolute atomic E-state index is 0.0141. The van der Waals surface area contributed by atoms with Crippen molar-refractivity contribution in [2.45, 2.75) is 110 Å². The average molecular weight is 558 g/mol. The summed E-state index contributed by atoms with van der Waals surface area (Å²) in [5.41, 5.74) is 3.70. The zero-order valence-corrected chi connectivity index (χ0v) is 28.1. The molecule has 2 atom stereocenters. The minimum Gasteiger partial charge on any atom is -0.443 e. The summed E-state index contributed by atoms with van der Waals surface area (Å²) in [6.45, 7) is 29.2. The first-order chi connectivity index (χ1) is 17.2. The Hall–Kier alpha value is -1.68. The van der Waals surface area contributed by atoms with Crippen molar-refractivity contribution in [3.05, 3.63) is 52.7 Å². The lowest BCUT2D eigenvalue weighted by atomic mass is 9.82. The van der Waals surface area contributed by atoms with Gasteiger partial charge in [0.05, 0.1) is 25.0 Å². The number of amides is 1. The van der Waals surface area contributed by atoms with Gasteiger partial charge in [-0.2, -0.15) is 0 Å². The molecule has 3 rings (SSSR count). The van der Waals surface area contributed by atoms with E-state index in [1.165, 1.54) is 0 Å². The van der Waals surface area contributed by atoms with Gasteiger partial charge in [0.1, 0.15) is 5.60 Å². The number of fused-ring (bicyclic) bond motifs is 3. The van der Waals surface area contributed by atoms with Crippen LogP contribution in [-0.2, 0) is 13.6 Å². The van der Waals surface area contributed by atoms with Gasteiger partial charge in [-0.25, -0.2) is 4.79 Å². The highest BCUT2D eigenvalue weighted by Crippen LogP contribution is 2.50. The maximum atomic E-state index is 13.9. The molecule has 0 N–H and O–H groups in total. The van der Waals surface area contributed by atoms with E-state index in [4.69, 9.17) is 13.6 Å². The number of hydrogen-bond donors (Lipinski definition) is 0. The van der Waals surface area contributed by atoms with E-state index in [-0.39, 0.29) is 28.1 Å². The molecule has 1 aliphatic carbocycles. The van der Waals surface area contributed by atoms with Crippen LogP contribution in [-0.4, -0.2) is 46.4 Å². The third-order valence-corrected chi connectivity index (χ3v) is 17.8. The number of ether oxygens (including phenoxy) is 1. The highest BCUT2D eigenvalue weighted by molar-refractivity contribution is 6.74. The average Bonchev–Trinajstić information content (AvgIpc) is 3.07. The van der Waals surface area contributed by atoms with Gasteiger partial charge in [0.25, 0.3) is 0 Å². The van der Waals surface area contributed by atoms with Gasteiger partial charge < -0.3 is 13.6 Å². The molecule has 0 unspecified atom stereocenters. The molecule has 0 fully saturated rings. The van der Waals surface area contributed by atoms with Crippen LogP contribution < -0.4 is 0 Å². The Balaban J connectivity index is 2.14. The number of hydrogen-bond acceptors (Lipinski definition) is 4. The monoisotopic (exact) mass is 557 g/mol. The fraction of sp³-hybridized carbons (Fsp3) is 0.645. The van der Waals surface area contributed by atoms with Crippen LogP contribution in [0.25, 0.3) is 6.08 Å². The molecule has 1 amide bonds. The Morgan fingerprint density at radius 2 is 1.37 bits per heavy atom. The molecule has 2 aliphatic rings. The number of benzene rings is 1. The van der Waals surface area contributed by atoms with E-state index in [1.54, 1.807) is 0 Å².